The Bertz CT molecular complexity index is 2110. The number of H-pyrrole nitrogens is 2. The van der Waals surface area contributed by atoms with Crippen molar-refractivity contribution in [3.63, 3.8) is 0 Å². The van der Waals surface area contributed by atoms with E-state index in [1.54, 1.807) is 0 Å². The monoisotopic (exact) mass is 910 g/mol. The molecule has 0 radical (unpaired) electrons. The third kappa shape index (κ3) is 6.51. The Morgan fingerprint density at radius 2 is 0.979 bits per heavy atom. The van der Waals surface area contributed by atoms with E-state index < -0.39 is 11.9 Å². The van der Waals surface area contributed by atoms with Crippen LogP contribution >= 0.6 is 63.7 Å². The number of carboxylic acid groups (broad SMARTS) is 2. The largest absolute Gasteiger partial charge is 0.481 e. The standard InChI is InChI=1S/C34H34Br4N4O6/c1-13-17(5-7-21(45)46)31-26(38)32-18(6-8-22(47)48)14(2)29(41-32)24(36)34-20(10-12-44)16(4)30(42-34)25(37)33-19(9-11-43)15(3)28(40-33)23(35)27(13)39-31/h41-44H,5-12H2,1-4H3,(H,45,46)(H,47,48). The van der Waals surface area contributed by atoms with Crippen LogP contribution in [0.1, 0.15) is 84.6 Å². The van der Waals surface area contributed by atoms with E-state index in [-0.39, 0.29) is 38.9 Å². The molecule has 14 heteroatoms. The first-order valence-corrected chi connectivity index (χ1v) is 18.4. The number of rotatable bonds is 10. The molecule has 254 valence electrons. The van der Waals surface area contributed by atoms with E-state index in [1.165, 1.54) is 0 Å². The minimum absolute atomic E-state index is 0.0834. The quantitative estimate of drug-likeness (QED) is 0.117. The van der Waals surface area contributed by atoms with Gasteiger partial charge in [-0.1, -0.05) is 0 Å². The van der Waals surface area contributed by atoms with Gasteiger partial charge in [0.2, 0.25) is 0 Å². The number of carboxylic acids is 2. The lowest BCUT2D eigenvalue weighted by Crippen LogP contribution is -1.99. The Hall–Kier alpha value is -2.62. The number of fused-ring (bicyclic) bond motifs is 8. The zero-order valence-electron chi connectivity index (χ0n) is 26.7. The maximum Gasteiger partial charge on any atom is 0.303 e. The molecule has 5 heterocycles. The van der Waals surface area contributed by atoms with Crippen LogP contribution in [0.3, 0.4) is 0 Å². The van der Waals surface area contributed by atoms with Gasteiger partial charge in [-0.3, -0.25) is 9.59 Å². The highest BCUT2D eigenvalue weighted by atomic mass is 79.9. The highest BCUT2D eigenvalue weighted by Gasteiger charge is 2.28. The molecule has 0 saturated heterocycles. The molecule has 3 aromatic rings. The fourth-order valence-corrected chi connectivity index (χ4v) is 9.33. The van der Waals surface area contributed by atoms with Gasteiger partial charge in [0.1, 0.15) is 0 Å². The van der Waals surface area contributed by atoms with Crippen LogP contribution in [-0.4, -0.2) is 65.5 Å². The number of hydrogen-bond donors (Lipinski definition) is 6. The van der Waals surface area contributed by atoms with Crippen molar-refractivity contribution in [1.29, 1.82) is 0 Å². The summed E-state index contributed by atoms with van der Waals surface area (Å²) in [5.41, 5.74) is 11.9. The molecule has 0 atom stereocenters. The van der Waals surface area contributed by atoms with Crippen molar-refractivity contribution < 1.29 is 30.0 Å². The van der Waals surface area contributed by atoms with Gasteiger partial charge in [-0.25, -0.2) is 9.97 Å². The first kappa shape index (κ1) is 36.7. The SMILES string of the molecule is CC1=C(CCO)c2nc1c(Br)c1nc(c(Br)c3[nH]c(c(C)c3CCC(=O)O)c(Br)c3[nH]c(c(C)c3CCO)c2Br)C(CCC(=O)O)=C1C. The molecule has 2 aliphatic heterocycles. The highest BCUT2D eigenvalue weighted by Crippen LogP contribution is 2.46. The van der Waals surface area contributed by atoms with Gasteiger partial charge in [0.05, 0.1) is 62.7 Å². The lowest BCUT2D eigenvalue weighted by molar-refractivity contribution is -0.137. The summed E-state index contributed by atoms with van der Waals surface area (Å²) < 4.78 is 2.57. The second-order valence-corrected chi connectivity index (χ2v) is 14.9. The average molecular weight is 914 g/mol. The van der Waals surface area contributed by atoms with E-state index in [4.69, 9.17) is 9.97 Å². The molecule has 0 amide bonds. The van der Waals surface area contributed by atoms with Gasteiger partial charge in [0.25, 0.3) is 0 Å². The fraction of sp³-hybridized carbons (Fsp3) is 0.353. The number of aromatic amines is 2. The maximum atomic E-state index is 11.8. The summed E-state index contributed by atoms with van der Waals surface area (Å²) in [6.07, 6.45) is 0.972. The molecule has 8 bridgehead atoms. The first-order chi connectivity index (χ1) is 22.7. The lowest BCUT2D eigenvalue weighted by atomic mass is 9.99. The predicted molar refractivity (Wildman–Crippen MR) is 202 cm³/mol. The summed E-state index contributed by atoms with van der Waals surface area (Å²) >= 11 is 15.3. The normalized spacial score (nSPS) is 13.2. The fourth-order valence-electron chi connectivity index (χ4n) is 6.43. The minimum Gasteiger partial charge on any atom is -0.481 e. The van der Waals surface area contributed by atoms with Crippen LogP contribution in [0.2, 0.25) is 0 Å². The van der Waals surface area contributed by atoms with E-state index in [1.807, 2.05) is 27.7 Å². The number of allylic oxidation sites excluding steroid dienone is 3. The number of hydrogen-bond acceptors (Lipinski definition) is 6. The number of aliphatic hydroxyl groups is 2. The number of halogens is 4. The zero-order valence-corrected chi connectivity index (χ0v) is 33.0. The molecule has 0 unspecified atom stereocenters. The Morgan fingerprint density at radius 3 is 1.48 bits per heavy atom. The number of nitrogens with one attached hydrogen (secondary N) is 2. The van der Waals surface area contributed by atoms with Crippen molar-refractivity contribution in [3.8, 4) is 0 Å². The molecule has 0 fully saturated rings. The van der Waals surface area contributed by atoms with Crippen LogP contribution in [0.5, 0.6) is 0 Å². The van der Waals surface area contributed by atoms with Crippen molar-refractivity contribution >= 4 is 120 Å². The van der Waals surface area contributed by atoms with Crippen molar-refractivity contribution in [3.05, 3.63) is 62.9 Å². The van der Waals surface area contributed by atoms with Crippen molar-refractivity contribution in [2.45, 2.75) is 66.2 Å². The van der Waals surface area contributed by atoms with Crippen LogP contribution in [0.4, 0.5) is 0 Å². The lowest BCUT2D eigenvalue weighted by Gasteiger charge is -2.06. The topological polar surface area (TPSA) is 172 Å². The second-order valence-electron chi connectivity index (χ2n) is 11.8. The van der Waals surface area contributed by atoms with Crippen molar-refractivity contribution in [1.82, 2.24) is 19.9 Å². The molecular formula is C34H34Br4N4O6. The van der Waals surface area contributed by atoms with Gasteiger partial charge >= 0.3 is 11.9 Å². The van der Waals surface area contributed by atoms with Gasteiger partial charge in [-0.15, -0.1) is 0 Å². The Morgan fingerprint density at radius 1 is 0.562 bits per heavy atom. The summed E-state index contributed by atoms with van der Waals surface area (Å²) in [6.45, 7) is 7.59. The summed E-state index contributed by atoms with van der Waals surface area (Å²) in [5.74, 6) is -1.87. The van der Waals surface area contributed by atoms with E-state index >= 15 is 0 Å². The number of carbonyl (C=O) groups is 2. The molecular weight excluding hydrogens is 880 g/mol. The van der Waals surface area contributed by atoms with E-state index in [0.29, 0.717) is 64.5 Å². The molecule has 0 aliphatic carbocycles. The van der Waals surface area contributed by atoms with Gasteiger partial charge in [-0.2, -0.15) is 0 Å². The maximum absolute atomic E-state index is 11.8. The molecule has 6 N–H and O–H groups in total. The number of aryl methyl sites for hydroxylation is 3. The summed E-state index contributed by atoms with van der Waals surface area (Å²) in [5, 5.41) is 39.4. The number of aromatic nitrogens is 4. The smallest absolute Gasteiger partial charge is 0.303 e. The van der Waals surface area contributed by atoms with Gasteiger partial charge in [-0.05, 0) is 162 Å². The van der Waals surface area contributed by atoms with Crippen LogP contribution < -0.4 is 0 Å². The molecule has 0 aromatic carbocycles. The number of aliphatic hydroxyl groups excluding tert-OH is 2. The molecule has 48 heavy (non-hydrogen) atoms. The van der Waals surface area contributed by atoms with E-state index in [0.717, 1.165) is 55.6 Å². The molecule has 2 aliphatic rings. The van der Waals surface area contributed by atoms with Gasteiger partial charge in [0, 0.05) is 26.1 Å². The minimum atomic E-state index is -0.939. The van der Waals surface area contributed by atoms with E-state index in [2.05, 4.69) is 73.7 Å². The van der Waals surface area contributed by atoms with Gasteiger partial charge in [0.15, 0.2) is 0 Å². The average Bonchev–Trinajstić information content (AvgIpc) is 3.75. The van der Waals surface area contributed by atoms with Crippen LogP contribution in [-0.2, 0) is 22.4 Å². The molecule has 0 saturated carbocycles. The number of aliphatic carboxylic acids is 2. The summed E-state index contributed by atoms with van der Waals surface area (Å²) in [6, 6.07) is 0. The summed E-state index contributed by atoms with van der Waals surface area (Å²) in [4.78, 5) is 40.8. The zero-order chi connectivity index (χ0) is 35.2. The van der Waals surface area contributed by atoms with Gasteiger partial charge < -0.3 is 30.4 Å². The second kappa shape index (κ2) is 14.7. The van der Waals surface area contributed by atoms with Crippen molar-refractivity contribution in [2.75, 3.05) is 13.2 Å². The number of nitrogens with zero attached hydrogens (tertiary/aromatic N) is 2. The Labute approximate surface area is 310 Å². The molecule has 10 nitrogen and oxygen atoms in total. The Balaban J connectivity index is 2.08. The summed E-state index contributed by atoms with van der Waals surface area (Å²) in [7, 11) is 0. The predicted octanol–water partition coefficient (Wildman–Crippen LogP) is 8.64. The molecule has 0 spiro atoms. The first-order valence-electron chi connectivity index (χ1n) is 15.3. The van der Waals surface area contributed by atoms with Crippen molar-refractivity contribution in [2.24, 2.45) is 0 Å². The third-order valence-corrected chi connectivity index (χ3v) is 12.1. The molecule has 5 rings (SSSR count). The Kier molecular flexibility index (Phi) is 11.2. The van der Waals surface area contributed by atoms with E-state index in [9.17, 15) is 30.0 Å². The molecule has 3 aromatic heterocycles. The third-order valence-electron chi connectivity index (χ3n) is 9.00. The van der Waals surface area contributed by atoms with Crippen LogP contribution in [0.25, 0.3) is 44.4 Å². The highest BCUT2D eigenvalue weighted by molar-refractivity contribution is 9.11. The van der Waals surface area contributed by atoms with Crippen LogP contribution in [0.15, 0.2) is 17.9 Å². The van der Waals surface area contributed by atoms with Crippen LogP contribution in [0, 0.1) is 13.8 Å².